The van der Waals surface area contributed by atoms with Crippen molar-refractivity contribution in [1.29, 1.82) is 5.41 Å². The molecule has 1 amide bonds. The van der Waals surface area contributed by atoms with Gasteiger partial charge in [0.2, 0.25) is 0 Å². The lowest BCUT2D eigenvalue weighted by atomic mass is 10.2. The lowest BCUT2D eigenvalue weighted by molar-refractivity contribution is -0.113. The summed E-state index contributed by atoms with van der Waals surface area (Å²) in [6.45, 7) is 0. The van der Waals surface area contributed by atoms with Crippen LogP contribution in [0.5, 0.6) is 11.5 Å². The number of nitrogens with one attached hydrogen (secondary N) is 1. The maximum absolute atomic E-state index is 12.6. The molecule has 6 heteroatoms. The minimum Gasteiger partial charge on any atom is -0.507 e. The molecule has 1 aliphatic heterocycles. The van der Waals surface area contributed by atoms with Crippen LogP contribution < -0.4 is 9.64 Å². The van der Waals surface area contributed by atoms with Crippen molar-refractivity contribution in [3.8, 4) is 11.5 Å². The quantitative estimate of drug-likeness (QED) is 0.847. The minimum absolute atomic E-state index is 0.0998. The monoisotopic (exact) mass is 326 g/mol. The second kappa shape index (κ2) is 6.18. The molecule has 0 aliphatic carbocycles. The molecule has 1 saturated heterocycles. The number of anilines is 1. The first-order valence-electron chi connectivity index (χ1n) is 6.85. The molecular weight excluding hydrogens is 312 g/mol. The number of benzene rings is 2. The molecule has 1 aliphatic rings. The number of phenolic OH excluding ortho intramolecular Hbond substituents is 1. The molecule has 0 unspecified atom stereocenters. The number of ether oxygens (including phenoxy) is 1. The van der Waals surface area contributed by atoms with Crippen LogP contribution >= 0.6 is 11.8 Å². The first kappa shape index (κ1) is 15.2. The van der Waals surface area contributed by atoms with Crippen LogP contribution in [0.2, 0.25) is 0 Å². The second-order valence-electron chi connectivity index (χ2n) is 4.81. The van der Waals surface area contributed by atoms with Gasteiger partial charge in [-0.05, 0) is 48.2 Å². The topological polar surface area (TPSA) is 73.6 Å². The number of thioether (sulfide) groups is 1. The standard InChI is InChI=1S/C17H14N2O3S/c1-22-13-8-6-12(7-9-13)19-16(21)15(23-17(19)18)10-11-4-2-3-5-14(11)20/h2-10,18,20H,1H3/b15-10-,18-17?. The molecule has 23 heavy (non-hydrogen) atoms. The predicted molar refractivity (Wildman–Crippen MR) is 91.9 cm³/mol. The van der Waals surface area contributed by atoms with Crippen molar-refractivity contribution in [2.45, 2.75) is 0 Å². The van der Waals surface area contributed by atoms with E-state index in [1.165, 1.54) is 4.90 Å². The number of nitrogens with zero attached hydrogens (tertiary/aromatic N) is 1. The van der Waals surface area contributed by atoms with E-state index in [0.29, 0.717) is 21.9 Å². The van der Waals surface area contributed by atoms with Gasteiger partial charge in [-0.2, -0.15) is 0 Å². The Hall–Kier alpha value is -2.73. The van der Waals surface area contributed by atoms with E-state index in [9.17, 15) is 9.90 Å². The van der Waals surface area contributed by atoms with Crippen molar-refractivity contribution in [2.75, 3.05) is 12.0 Å². The summed E-state index contributed by atoms with van der Waals surface area (Å²) in [6.07, 6.45) is 1.60. The molecule has 116 valence electrons. The van der Waals surface area contributed by atoms with Crippen LogP contribution in [0.3, 0.4) is 0 Å². The largest absolute Gasteiger partial charge is 0.507 e. The lowest BCUT2D eigenvalue weighted by Gasteiger charge is -2.14. The first-order valence-corrected chi connectivity index (χ1v) is 7.66. The highest BCUT2D eigenvalue weighted by atomic mass is 32.2. The Morgan fingerprint density at radius 2 is 1.87 bits per heavy atom. The number of rotatable bonds is 3. The van der Waals surface area contributed by atoms with Gasteiger partial charge in [-0.3, -0.25) is 15.1 Å². The summed E-state index contributed by atoms with van der Waals surface area (Å²) in [5.74, 6) is 0.501. The molecule has 3 rings (SSSR count). The van der Waals surface area contributed by atoms with Gasteiger partial charge in [-0.25, -0.2) is 0 Å². The van der Waals surface area contributed by atoms with Crippen LogP contribution in [0.4, 0.5) is 5.69 Å². The van der Waals surface area contributed by atoms with Gasteiger partial charge in [0.25, 0.3) is 5.91 Å². The number of hydrogen-bond acceptors (Lipinski definition) is 5. The zero-order valence-electron chi connectivity index (χ0n) is 12.3. The Morgan fingerprint density at radius 3 is 2.52 bits per heavy atom. The van der Waals surface area contributed by atoms with Gasteiger partial charge in [-0.1, -0.05) is 18.2 Å². The Labute approximate surface area is 137 Å². The number of amidine groups is 1. The van der Waals surface area contributed by atoms with E-state index in [2.05, 4.69) is 0 Å². The van der Waals surface area contributed by atoms with Crippen LogP contribution in [0.1, 0.15) is 5.56 Å². The van der Waals surface area contributed by atoms with E-state index in [1.54, 1.807) is 61.7 Å². The molecule has 0 aromatic heterocycles. The average Bonchev–Trinajstić information content (AvgIpc) is 2.84. The fraction of sp³-hybridized carbons (Fsp3) is 0.0588. The maximum atomic E-state index is 12.6. The van der Waals surface area contributed by atoms with Crippen LogP contribution in [-0.2, 0) is 4.79 Å². The van der Waals surface area contributed by atoms with Gasteiger partial charge in [0, 0.05) is 5.56 Å². The zero-order valence-corrected chi connectivity index (χ0v) is 13.1. The van der Waals surface area contributed by atoms with Gasteiger partial charge in [0.05, 0.1) is 17.7 Å². The van der Waals surface area contributed by atoms with Crippen molar-refractivity contribution in [3.05, 3.63) is 59.0 Å². The molecule has 0 saturated carbocycles. The number of amides is 1. The molecule has 0 spiro atoms. The predicted octanol–water partition coefficient (Wildman–Crippen LogP) is 3.46. The van der Waals surface area contributed by atoms with E-state index in [4.69, 9.17) is 10.1 Å². The van der Waals surface area contributed by atoms with Gasteiger partial charge < -0.3 is 9.84 Å². The zero-order chi connectivity index (χ0) is 16.4. The van der Waals surface area contributed by atoms with Crippen molar-refractivity contribution >= 4 is 34.6 Å². The summed E-state index contributed by atoms with van der Waals surface area (Å²) in [4.78, 5) is 14.3. The summed E-state index contributed by atoms with van der Waals surface area (Å²) >= 11 is 1.07. The van der Waals surface area contributed by atoms with Crippen LogP contribution in [0.25, 0.3) is 6.08 Å². The number of carbonyl (C=O) groups excluding carboxylic acids is 1. The molecule has 1 heterocycles. The summed E-state index contributed by atoms with van der Waals surface area (Å²) in [7, 11) is 1.57. The number of para-hydroxylation sites is 1. The third kappa shape index (κ3) is 2.93. The Morgan fingerprint density at radius 1 is 1.17 bits per heavy atom. The van der Waals surface area contributed by atoms with E-state index in [0.717, 1.165) is 11.8 Å². The molecule has 1 fully saturated rings. The van der Waals surface area contributed by atoms with Crippen molar-refractivity contribution < 1.29 is 14.6 Å². The van der Waals surface area contributed by atoms with E-state index in [1.807, 2.05) is 0 Å². The maximum Gasteiger partial charge on any atom is 0.271 e. The van der Waals surface area contributed by atoms with Crippen LogP contribution in [0.15, 0.2) is 53.4 Å². The van der Waals surface area contributed by atoms with Crippen LogP contribution in [-0.4, -0.2) is 23.3 Å². The van der Waals surface area contributed by atoms with E-state index in [-0.39, 0.29) is 16.8 Å². The van der Waals surface area contributed by atoms with Gasteiger partial charge >= 0.3 is 0 Å². The Balaban J connectivity index is 1.92. The van der Waals surface area contributed by atoms with E-state index >= 15 is 0 Å². The first-order chi connectivity index (χ1) is 11.1. The summed E-state index contributed by atoms with van der Waals surface area (Å²) < 4.78 is 5.10. The summed E-state index contributed by atoms with van der Waals surface area (Å²) in [5, 5.41) is 18.0. The highest BCUT2D eigenvalue weighted by molar-refractivity contribution is 8.19. The average molecular weight is 326 g/mol. The Kier molecular flexibility index (Phi) is 4.08. The molecule has 0 radical (unpaired) electrons. The second-order valence-corrected chi connectivity index (χ2v) is 5.84. The molecular formula is C17H14N2O3S. The smallest absolute Gasteiger partial charge is 0.271 e. The number of hydrogen-bond donors (Lipinski definition) is 2. The SMILES string of the molecule is COc1ccc(N2C(=N)S/C(=C\c3ccccc3O)C2=O)cc1. The summed E-state index contributed by atoms with van der Waals surface area (Å²) in [6, 6.07) is 13.7. The lowest BCUT2D eigenvalue weighted by Crippen LogP contribution is -2.27. The third-order valence-corrected chi connectivity index (χ3v) is 4.27. The van der Waals surface area contributed by atoms with Crippen molar-refractivity contribution in [1.82, 2.24) is 0 Å². The number of phenols is 1. The highest BCUT2D eigenvalue weighted by Crippen LogP contribution is 2.36. The fourth-order valence-corrected chi connectivity index (χ4v) is 3.06. The van der Waals surface area contributed by atoms with Crippen molar-refractivity contribution in [2.24, 2.45) is 0 Å². The Bertz CT molecular complexity index is 800. The molecule has 5 nitrogen and oxygen atoms in total. The number of carbonyl (C=O) groups is 1. The fourth-order valence-electron chi connectivity index (χ4n) is 2.20. The van der Waals surface area contributed by atoms with Gasteiger partial charge in [-0.15, -0.1) is 0 Å². The van der Waals surface area contributed by atoms with Gasteiger partial charge in [0.15, 0.2) is 5.17 Å². The molecule has 2 aromatic carbocycles. The van der Waals surface area contributed by atoms with Crippen molar-refractivity contribution in [3.63, 3.8) is 0 Å². The molecule has 0 bridgehead atoms. The third-order valence-electron chi connectivity index (χ3n) is 3.38. The molecule has 0 atom stereocenters. The highest BCUT2D eigenvalue weighted by Gasteiger charge is 2.33. The summed E-state index contributed by atoms with van der Waals surface area (Å²) in [5.41, 5.74) is 1.15. The minimum atomic E-state index is -0.284. The normalized spacial score (nSPS) is 16.2. The number of aromatic hydroxyl groups is 1. The van der Waals surface area contributed by atoms with E-state index < -0.39 is 0 Å². The van der Waals surface area contributed by atoms with Gasteiger partial charge in [0.1, 0.15) is 11.5 Å². The molecule has 2 N–H and O–H groups in total. The molecule has 2 aromatic rings. The number of methoxy groups -OCH3 is 1. The van der Waals surface area contributed by atoms with Crippen LogP contribution in [0, 0.1) is 5.41 Å².